The van der Waals surface area contributed by atoms with Crippen LogP contribution in [0.2, 0.25) is 0 Å². The largest absolute Gasteiger partial charge is 0.269 e. The molecule has 0 fully saturated rings. The summed E-state index contributed by atoms with van der Waals surface area (Å²) in [6, 6.07) is 19.2. The predicted molar refractivity (Wildman–Crippen MR) is 122 cm³/mol. The van der Waals surface area contributed by atoms with Gasteiger partial charge in [0, 0.05) is 16.6 Å². The van der Waals surface area contributed by atoms with Crippen LogP contribution in [0.3, 0.4) is 0 Å². The lowest BCUT2D eigenvalue weighted by molar-refractivity contribution is -0.384. The van der Waals surface area contributed by atoms with E-state index in [9.17, 15) is 14.9 Å². The molecule has 0 atom stereocenters. The zero-order chi connectivity index (χ0) is 21.3. The zero-order valence-electron chi connectivity index (χ0n) is 15.9. The molecule has 148 valence electrons. The van der Waals surface area contributed by atoms with Crippen LogP contribution in [-0.2, 0) is 0 Å². The van der Waals surface area contributed by atoms with E-state index in [1.807, 2.05) is 37.3 Å². The summed E-state index contributed by atoms with van der Waals surface area (Å²) < 4.78 is 2.38. The Labute approximate surface area is 180 Å². The van der Waals surface area contributed by atoms with Crippen molar-refractivity contribution in [2.45, 2.75) is 6.92 Å². The van der Waals surface area contributed by atoms with Crippen LogP contribution in [0.4, 0.5) is 5.69 Å². The summed E-state index contributed by atoms with van der Waals surface area (Å²) in [6.45, 7) is 1.96. The summed E-state index contributed by atoms with van der Waals surface area (Å²) in [5.41, 5.74) is 2.96. The van der Waals surface area contributed by atoms with Gasteiger partial charge in [0.2, 0.25) is 0 Å². The quantitative estimate of drug-likeness (QED) is 0.295. The van der Waals surface area contributed by atoms with Crippen LogP contribution >= 0.6 is 15.9 Å². The number of aromatic nitrogens is 2. The highest BCUT2D eigenvalue weighted by Gasteiger charge is 2.12. The molecule has 7 heteroatoms. The van der Waals surface area contributed by atoms with E-state index in [2.05, 4.69) is 15.9 Å². The van der Waals surface area contributed by atoms with Gasteiger partial charge in [-0.1, -0.05) is 34.1 Å². The van der Waals surface area contributed by atoms with Crippen LogP contribution in [0.15, 0.2) is 76.0 Å². The Morgan fingerprint density at radius 2 is 1.80 bits per heavy atom. The van der Waals surface area contributed by atoms with E-state index in [4.69, 9.17) is 4.98 Å². The fourth-order valence-corrected chi connectivity index (χ4v) is 3.54. The van der Waals surface area contributed by atoms with Gasteiger partial charge in [-0.25, -0.2) is 4.98 Å². The van der Waals surface area contributed by atoms with Crippen molar-refractivity contribution in [2.75, 3.05) is 0 Å². The zero-order valence-corrected chi connectivity index (χ0v) is 17.5. The fraction of sp³-hybridized carbons (Fsp3) is 0.0435. The number of nitro benzene ring substituents is 1. The second-order valence-electron chi connectivity index (χ2n) is 6.79. The Morgan fingerprint density at radius 1 is 1.03 bits per heavy atom. The van der Waals surface area contributed by atoms with Crippen LogP contribution in [0.5, 0.6) is 0 Å². The molecule has 0 spiro atoms. The van der Waals surface area contributed by atoms with E-state index < -0.39 is 4.92 Å². The molecule has 4 aromatic rings. The number of benzene rings is 3. The Morgan fingerprint density at radius 3 is 2.50 bits per heavy atom. The van der Waals surface area contributed by atoms with Gasteiger partial charge in [0.1, 0.15) is 5.82 Å². The van der Waals surface area contributed by atoms with Crippen molar-refractivity contribution in [1.82, 2.24) is 9.55 Å². The number of aryl methyl sites for hydroxylation is 1. The summed E-state index contributed by atoms with van der Waals surface area (Å²) in [4.78, 5) is 28.4. The molecular formula is C23H16BrN3O3. The molecule has 0 unspecified atom stereocenters. The standard InChI is InChI=1S/C23H16BrN3O3/c1-15-3-2-4-19(13-15)26-22(12-7-16-5-9-18(10-6-16)27(29)30)25-21-11-8-17(24)14-20(21)23(26)28/h2-14H,1H3/b12-7+. The van der Waals surface area contributed by atoms with Gasteiger partial charge in [0.15, 0.2) is 0 Å². The summed E-state index contributed by atoms with van der Waals surface area (Å²) in [5, 5.41) is 11.4. The average molecular weight is 462 g/mol. The first-order valence-corrected chi connectivity index (χ1v) is 9.93. The molecule has 0 N–H and O–H groups in total. The molecule has 0 radical (unpaired) electrons. The average Bonchev–Trinajstić information content (AvgIpc) is 2.73. The maximum Gasteiger partial charge on any atom is 0.269 e. The van der Waals surface area contributed by atoms with Crippen LogP contribution in [0, 0.1) is 17.0 Å². The number of nitrogens with zero attached hydrogens (tertiary/aromatic N) is 3. The lowest BCUT2D eigenvalue weighted by atomic mass is 10.1. The summed E-state index contributed by atoms with van der Waals surface area (Å²) in [5.74, 6) is 0.471. The van der Waals surface area contributed by atoms with Crippen molar-refractivity contribution in [2.24, 2.45) is 0 Å². The summed E-state index contributed by atoms with van der Waals surface area (Å²) in [6.07, 6.45) is 3.52. The van der Waals surface area contributed by atoms with Crippen molar-refractivity contribution in [1.29, 1.82) is 0 Å². The minimum Gasteiger partial charge on any atom is -0.268 e. The van der Waals surface area contributed by atoms with E-state index in [1.165, 1.54) is 12.1 Å². The molecule has 1 aromatic heterocycles. The summed E-state index contributed by atoms with van der Waals surface area (Å²) in [7, 11) is 0. The highest BCUT2D eigenvalue weighted by molar-refractivity contribution is 9.10. The number of nitro groups is 1. The van der Waals surface area contributed by atoms with Crippen molar-refractivity contribution < 1.29 is 4.92 Å². The van der Waals surface area contributed by atoms with Crippen molar-refractivity contribution in [3.05, 3.63) is 109 Å². The smallest absolute Gasteiger partial charge is 0.268 e. The SMILES string of the molecule is Cc1cccc(-n2c(/C=C/c3ccc([N+](=O)[O-])cc3)nc3ccc(Br)cc3c2=O)c1. The van der Waals surface area contributed by atoms with Gasteiger partial charge in [-0.05, 0) is 66.6 Å². The lowest BCUT2D eigenvalue weighted by Gasteiger charge is -2.12. The van der Waals surface area contributed by atoms with Crippen LogP contribution in [0.25, 0.3) is 28.7 Å². The lowest BCUT2D eigenvalue weighted by Crippen LogP contribution is -2.22. The molecule has 4 rings (SSSR count). The highest BCUT2D eigenvalue weighted by Crippen LogP contribution is 2.20. The van der Waals surface area contributed by atoms with Gasteiger partial charge in [-0.2, -0.15) is 0 Å². The Balaban J connectivity index is 1.89. The molecule has 0 bridgehead atoms. The fourth-order valence-electron chi connectivity index (χ4n) is 3.18. The molecule has 0 amide bonds. The molecule has 0 saturated heterocycles. The van der Waals surface area contributed by atoms with Gasteiger partial charge in [0.05, 0.1) is 21.5 Å². The van der Waals surface area contributed by atoms with Crippen molar-refractivity contribution in [3.8, 4) is 5.69 Å². The van der Waals surface area contributed by atoms with E-state index in [0.717, 1.165) is 21.3 Å². The van der Waals surface area contributed by atoms with Gasteiger partial charge in [-0.3, -0.25) is 19.5 Å². The van der Waals surface area contributed by atoms with E-state index >= 15 is 0 Å². The first-order valence-electron chi connectivity index (χ1n) is 9.14. The summed E-state index contributed by atoms with van der Waals surface area (Å²) >= 11 is 3.42. The molecule has 30 heavy (non-hydrogen) atoms. The van der Waals surface area contributed by atoms with Crippen LogP contribution in [0.1, 0.15) is 17.0 Å². The third kappa shape index (κ3) is 3.92. The predicted octanol–water partition coefficient (Wildman–Crippen LogP) is 5.54. The molecule has 3 aromatic carbocycles. The maximum atomic E-state index is 13.3. The molecule has 6 nitrogen and oxygen atoms in total. The minimum atomic E-state index is -0.439. The van der Waals surface area contributed by atoms with Gasteiger partial charge in [-0.15, -0.1) is 0 Å². The second-order valence-corrected chi connectivity index (χ2v) is 7.71. The third-order valence-corrected chi connectivity index (χ3v) is 5.14. The number of non-ortho nitro benzene ring substituents is 1. The van der Waals surface area contributed by atoms with Crippen molar-refractivity contribution in [3.63, 3.8) is 0 Å². The van der Waals surface area contributed by atoms with E-state index in [-0.39, 0.29) is 11.2 Å². The minimum absolute atomic E-state index is 0.0261. The molecule has 0 aliphatic heterocycles. The van der Waals surface area contributed by atoms with E-state index in [0.29, 0.717) is 16.7 Å². The highest BCUT2D eigenvalue weighted by atomic mass is 79.9. The number of hydrogen-bond donors (Lipinski definition) is 0. The first-order chi connectivity index (χ1) is 14.4. The van der Waals surface area contributed by atoms with Gasteiger partial charge in [0.25, 0.3) is 11.2 Å². The normalized spacial score (nSPS) is 11.3. The van der Waals surface area contributed by atoms with Crippen LogP contribution < -0.4 is 5.56 Å². The van der Waals surface area contributed by atoms with Crippen LogP contribution in [-0.4, -0.2) is 14.5 Å². The Kier molecular flexibility index (Phi) is 5.29. The van der Waals surface area contributed by atoms with Crippen molar-refractivity contribution >= 4 is 44.7 Å². The number of hydrogen-bond acceptors (Lipinski definition) is 4. The van der Waals surface area contributed by atoms with Gasteiger partial charge < -0.3 is 0 Å². The maximum absolute atomic E-state index is 13.3. The number of rotatable bonds is 4. The Hall–Kier alpha value is -3.58. The molecule has 1 heterocycles. The molecule has 0 saturated carbocycles. The third-order valence-electron chi connectivity index (χ3n) is 4.64. The second kappa shape index (κ2) is 8.04. The molecule has 0 aliphatic rings. The Bertz CT molecular complexity index is 1360. The first kappa shape index (κ1) is 19.7. The molecular weight excluding hydrogens is 446 g/mol. The molecule has 0 aliphatic carbocycles. The number of halogens is 1. The topological polar surface area (TPSA) is 78.0 Å². The monoisotopic (exact) mass is 461 g/mol. The van der Waals surface area contributed by atoms with E-state index in [1.54, 1.807) is 41.0 Å². The van der Waals surface area contributed by atoms with Gasteiger partial charge >= 0.3 is 0 Å². The number of fused-ring (bicyclic) bond motifs is 1.